The Kier molecular flexibility index (Phi) is 6.24. The van der Waals surface area contributed by atoms with E-state index in [2.05, 4.69) is 29.2 Å². The zero-order valence-electron chi connectivity index (χ0n) is 17.6. The average molecular weight is 443 g/mol. The molecule has 0 spiro atoms. The van der Waals surface area contributed by atoms with Gasteiger partial charge in [0.1, 0.15) is 5.75 Å². The van der Waals surface area contributed by atoms with E-state index in [0.717, 1.165) is 12.0 Å². The fourth-order valence-electron chi connectivity index (χ4n) is 3.77. The lowest BCUT2D eigenvalue weighted by Gasteiger charge is -2.32. The van der Waals surface area contributed by atoms with Gasteiger partial charge >= 0.3 is 6.01 Å². The van der Waals surface area contributed by atoms with E-state index in [9.17, 15) is 8.42 Å². The largest absolute Gasteiger partial charge is 0.497 e. The van der Waals surface area contributed by atoms with Crippen LogP contribution in [0.1, 0.15) is 30.7 Å². The first kappa shape index (κ1) is 21.3. The van der Waals surface area contributed by atoms with Gasteiger partial charge in [0.2, 0.25) is 10.0 Å². The minimum Gasteiger partial charge on any atom is -0.497 e. The van der Waals surface area contributed by atoms with Crippen LogP contribution in [0.4, 0.5) is 6.01 Å². The molecule has 1 atom stereocenters. The van der Waals surface area contributed by atoms with Crippen molar-refractivity contribution in [1.29, 1.82) is 0 Å². The van der Waals surface area contributed by atoms with Crippen molar-refractivity contribution in [2.45, 2.75) is 24.2 Å². The first-order valence-electron chi connectivity index (χ1n) is 10.3. The van der Waals surface area contributed by atoms with Gasteiger partial charge in [0, 0.05) is 32.1 Å². The number of rotatable bonds is 7. The zero-order chi connectivity index (χ0) is 21.8. The Bertz CT molecular complexity index is 1090. The fraction of sp³-hybridized carbons (Fsp3) is 0.364. The molecule has 164 valence electrons. The van der Waals surface area contributed by atoms with Crippen LogP contribution < -0.4 is 9.64 Å². The second kappa shape index (κ2) is 9.07. The number of nitrogens with zero attached hydrogens (tertiary/aromatic N) is 4. The number of sulfonamides is 1. The number of hydrogen-bond acceptors (Lipinski definition) is 7. The minimum absolute atomic E-state index is 0.0652. The van der Waals surface area contributed by atoms with Crippen LogP contribution in [0.15, 0.2) is 64.0 Å². The standard InChI is InChI=1S/C22H26N4O4S/c1-3-20(17-7-5-4-6-8-17)21-23-22(30-24-21)25-13-15-26(16-14-25)31(27,28)19-11-9-18(29-2)10-12-19/h4-12,20H,3,13-16H2,1-2H3. The van der Waals surface area contributed by atoms with E-state index in [1.807, 2.05) is 23.1 Å². The van der Waals surface area contributed by atoms with Crippen molar-refractivity contribution in [2.75, 3.05) is 38.2 Å². The van der Waals surface area contributed by atoms with Gasteiger partial charge in [0.15, 0.2) is 5.82 Å². The summed E-state index contributed by atoms with van der Waals surface area (Å²) in [6, 6.07) is 17.0. The monoisotopic (exact) mass is 442 g/mol. The Balaban J connectivity index is 1.43. The van der Waals surface area contributed by atoms with Crippen LogP contribution in [-0.2, 0) is 10.0 Å². The maximum absolute atomic E-state index is 12.9. The quantitative estimate of drug-likeness (QED) is 0.555. The van der Waals surface area contributed by atoms with E-state index in [1.165, 1.54) is 4.31 Å². The molecule has 31 heavy (non-hydrogen) atoms. The molecule has 0 radical (unpaired) electrons. The number of benzene rings is 2. The van der Waals surface area contributed by atoms with Gasteiger partial charge in [-0.25, -0.2) is 8.42 Å². The van der Waals surface area contributed by atoms with Crippen LogP contribution in [0.25, 0.3) is 0 Å². The van der Waals surface area contributed by atoms with Crippen molar-refractivity contribution >= 4 is 16.0 Å². The molecule has 1 fully saturated rings. The number of anilines is 1. The van der Waals surface area contributed by atoms with Gasteiger partial charge in [-0.05, 0) is 36.2 Å². The van der Waals surface area contributed by atoms with Crippen molar-refractivity contribution in [3.8, 4) is 5.75 Å². The molecule has 0 amide bonds. The van der Waals surface area contributed by atoms with Gasteiger partial charge in [-0.1, -0.05) is 42.4 Å². The highest BCUT2D eigenvalue weighted by molar-refractivity contribution is 7.89. The molecule has 8 nitrogen and oxygen atoms in total. The van der Waals surface area contributed by atoms with Crippen molar-refractivity contribution in [2.24, 2.45) is 0 Å². The van der Waals surface area contributed by atoms with E-state index in [4.69, 9.17) is 9.26 Å². The summed E-state index contributed by atoms with van der Waals surface area (Å²) in [6.45, 7) is 3.76. The van der Waals surface area contributed by atoms with Crippen molar-refractivity contribution in [1.82, 2.24) is 14.4 Å². The maximum Gasteiger partial charge on any atom is 0.324 e. The third-order valence-corrected chi connectivity index (χ3v) is 7.47. The SMILES string of the molecule is CCC(c1ccccc1)c1noc(N2CCN(S(=O)(=O)c3ccc(OC)cc3)CC2)n1. The van der Waals surface area contributed by atoms with Gasteiger partial charge in [-0.2, -0.15) is 9.29 Å². The Morgan fingerprint density at radius 3 is 2.32 bits per heavy atom. The summed E-state index contributed by atoms with van der Waals surface area (Å²) in [5, 5.41) is 4.20. The van der Waals surface area contributed by atoms with Crippen LogP contribution >= 0.6 is 0 Å². The molecule has 0 aliphatic carbocycles. The van der Waals surface area contributed by atoms with E-state index in [1.54, 1.807) is 31.4 Å². The van der Waals surface area contributed by atoms with Gasteiger partial charge in [-0.3, -0.25) is 0 Å². The van der Waals surface area contributed by atoms with Crippen LogP contribution in [0.2, 0.25) is 0 Å². The van der Waals surface area contributed by atoms with Gasteiger partial charge < -0.3 is 14.2 Å². The molecule has 4 rings (SSSR count). The lowest BCUT2D eigenvalue weighted by molar-refractivity contribution is 0.352. The molecule has 0 N–H and O–H groups in total. The van der Waals surface area contributed by atoms with Crippen LogP contribution in [0.3, 0.4) is 0 Å². The molecule has 1 unspecified atom stereocenters. The molecule has 1 saturated heterocycles. The fourth-order valence-corrected chi connectivity index (χ4v) is 5.19. The molecule has 3 aromatic rings. The van der Waals surface area contributed by atoms with Crippen LogP contribution in [-0.4, -0.2) is 56.2 Å². The highest BCUT2D eigenvalue weighted by Gasteiger charge is 2.30. The Hall–Kier alpha value is -2.91. The molecular formula is C22H26N4O4S. The van der Waals surface area contributed by atoms with E-state index >= 15 is 0 Å². The molecule has 9 heteroatoms. The molecule has 1 aromatic heterocycles. The second-order valence-electron chi connectivity index (χ2n) is 7.37. The topological polar surface area (TPSA) is 88.8 Å². The molecule has 2 aromatic carbocycles. The molecule has 0 bridgehead atoms. The molecule has 2 heterocycles. The van der Waals surface area contributed by atoms with Crippen molar-refractivity contribution in [3.63, 3.8) is 0 Å². The maximum atomic E-state index is 12.9. The Morgan fingerprint density at radius 1 is 1.03 bits per heavy atom. The van der Waals surface area contributed by atoms with Crippen molar-refractivity contribution < 1.29 is 17.7 Å². The van der Waals surface area contributed by atoms with Gasteiger partial charge in [0.05, 0.1) is 12.0 Å². The van der Waals surface area contributed by atoms with Crippen LogP contribution in [0, 0.1) is 0 Å². The summed E-state index contributed by atoms with van der Waals surface area (Å²) >= 11 is 0. The minimum atomic E-state index is -3.56. The third kappa shape index (κ3) is 4.42. The predicted molar refractivity (Wildman–Crippen MR) is 117 cm³/mol. The molecule has 1 aliphatic rings. The number of aromatic nitrogens is 2. The lowest BCUT2D eigenvalue weighted by atomic mass is 9.96. The number of ether oxygens (including phenoxy) is 1. The van der Waals surface area contributed by atoms with E-state index in [-0.39, 0.29) is 10.8 Å². The predicted octanol–water partition coefficient (Wildman–Crippen LogP) is 3.13. The Morgan fingerprint density at radius 2 is 1.71 bits per heavy atom. The average Bonchev–Trinajstić information content (AvgIpc) is 3.30. The van der Waals surface area contributed by atoms with Crippen molar-refractivity contribution in [3.05, 3.63) is 66.0 Å². The summed E-state index contributed by atoms with van der Waals surface area (Å²) in [5.41, 5.74) is 1.15. The number of hydrogen-bond donors (Lipinski definition) is 0. The summed E-state index contributed by atoms with van der Waals surface area (Å²) in [5.74, 6) is 1.34. The van der Waals surface area contributed by atoms with Gasteiger partial charge in [0.25, 0.3) is 0 Å². The number of methoxy groups -OCH3 is 1. The highest BCUT2D eigenvalue weighted by atomic mass is 32.2. The first-order valence-corrected chi connectivity index (χ1v) is 11.7. The second-order valence-corrected chi connectivity index (χ2v) is 9.31. The van der Waals surface area contributed by atoms with E-state index < -0.39 is 10.0 Å². The number of piperazine rings is 1. The summed E-state index contributed by atoms with van der Waals surface area (Å²) in [7, 11) is -2.01. The summed E-state index contributed by atoms with van der Waals surface area (Å²) < 4.78 is 38.0. The molecule has 0 saturated carbocycles. The first-order chi connectivity index (χ1) is 15.0. The summed E-state index contributed by atoms with van der Waals surface area (Å²) in [4.78, 5) is 6.81. The van der Waals surface area contributed by atoms with Crippen LogP contribution in [0.5, 0.6) is 5.75 Å². The zero-order valence-corrected chi connectivity index (χ0v) is 18.5. The smallest absolute Gasteiger partial charge is 0.324 e. The molecule has 1 aliphatic heterocycles. The molecular weight excluding hydrogens is 416 g/mol. The lowest BCUT2D eigenvalue weighted by Crippen LogP contribution is -2.48. The van der Waals surface area contributed by atoms with E-state index in [0.29, 0.717) is 43.8 Å². The van der Waals surface area contributed by atoms with Gasteiger partial charge in [-0.15, -0.1) is 0 Å². The summed E-state index contributed by atoms with van der Waals surface area (Å²) in [6.07, 6.45) is 0.858. The third-order valence-electron chi connectivity index (χ3n) is 5.56. The highest BCUT2D eigenvalue weighted by Crippen LogP contribution is 2.28. The Labute approximate surface area is 182 Å². The normalized spacial score (nSPS) is 16.3.